The molecule has 2 aromatic rings. The number of rotatable bonds is 5. The molecule has 0 aliphatic carbocycles. The zero-order chi connectivity index (χ0) is 18.5. The van der Waals surface area contributed by atoms with Gasteiger partial charge in [0.1, 0.15) is 0 Å². The third-order valence-corrected chi connectivity index (χ3v) is 5.05. The lowest BCUT2D eigenvalue weighted by Gasteiger charge is -2.19. The molecule has 0 saturated carbocycles. The van der Waals surface area contributed by atoms with Crippen molar-refractivity contribution in [3.8, 4) is 11.1 Å². The molecule has 1 saturated heterocycles. The lowest BCUT2D eigenvalue weighted by molar-refractivity contribution is 0.147. The number of ether oxygens (including phenoxy) is 1. The molecule has 4 heteroatoms. The number of amides is 1. The molecule has 0 aromatic heterocycles. The Hall–Kier alpha value is -2.33. The van der Waals surface area contributed by atoms with Gasteiger partial charge in [0, 0.05) is 11.6 Å². The number of carbonyl (C=O) groups is 1. The van der Waals surface area contributed by atoms with Crippen molar-refractivity contribution in [3.63, 3.8) is 0 Å². The van der Waals surface area contributed by atoms with Crippen LogP contribution in [0.15, 0.2) is 42.5 Å². The molecule has 4 nitrogen and oxygen atoms in total. The molecule has 1 heterocycles. The molecule has 1 fully saturated rings. The Morgan fingerprint density at radius 3 is 2.62 bits per heavy atom. The van der Waals surface area contributed by atoms with Gasteiger partial charge in [-0.15, -0.1) is 0 Å². The van der Waals surface area contributed by atoms with Crippen LogP contribution in [0.25, 0.3) is 11.1 Å². The molecular weight excluding hydrogens is 324 g/mol. The van der Waals surface area contributed by atoms with Crippen LogP contribution in [0.1, 0.15) is 30.4 Å². The molecule has 1 unspecified atom stereocenters. The van der Waals surface area contributed by atoms with Crippen molar-refractivity contribution in [2.75, 3.05) is 25.5 Å². The average Bonchev–Trinajstić information content (AvgIpc) is 2.99. The van der Waals surface area contributed by atoms with Crippen LogP contribution < -0.4 is 5.32 Å². The number of aryl methyl sites for hydroxylation is 2. The number of hydrogen-bond donors (Lipinski definition) is 1. The summed E-state index contributed by atoms with van der Waals surface area (Å²) in [7, 11) is 2.14. The van der Waals surface area contributed by atoms with Gasteiger partial charge in [-0.3, -0.25) is 5.32 Å². The molecular formula is C22H28N2O2. The van der Waals surface area contributed by atoms with Gasteiger partial charge in [0.2, 0.25) is 0 Å². The molecule has 138 valence electrons. The number of hydrogen-bond acceptors (Lipinski definition) is 3. The molecule has 1 N–H and O–H groups in total. The fourth-order valence-corrected chi connectivity index (χ4v) is 3.75. The van der Waals surface area contributed by atoms with Gasteiger partial charge in [0.25, 0.3) is 0 Å². The van der Waals surface area contributed by atoms with Crippen LogP contribution >= 0.6 is 0 Å². The molecule has 3 rings (SSSR count). The normalized spacial score (nSPS) is 17.3. The zero-order valence-electron chi connectivity index (χ0n) is 15.9. The lowest BCUT2D eigenvalue weighted by atomic mass is 9.99. The van der Waals surface area contributed by atoms with Gasteiger partial charge in [-0.2, -0.15) is 0 Å². The minimum absolute atomic E-state index is 0.387. The first-order valence-electron chi connectivity index (χ1n) is 9.34. The summed E-state index contributed by atoms with van der Waals surface area (Å²) in [6.07, 6.45) is 2.93. The Morgan fingerprint density at radius 1 is 1.19 bits per heavy atom. The van der Waals surface area contributed by atoms with E-state index in [2.05, 4.69) is 49.3 Å². The van der Waals surface area contributed by atoms with Crippen LogP contribution in [-0.2, 0) is 4.74 Å². The monoisotopic (exact) mass is 352 g/mol. The molecule has 2 aromatic carbocycles. The van der Waals surface area contributed by atoms with E-state index in [1.54, 1.807) is 0 Å². The van der Waals surface area contributed by atoms with Gasteiger partial charge in [0.05, 0.1) is 12.3 Å². The molecule has 1 amide bonds. The van der Waals surface area contributed by atoms with E-state index in [-0.39, 0.29) is 6.09 Å². The number of likely N-dealkylation sites (tertiary alicyclic amines) is 1. The number of nitrogens with zero attached hydrogens (tertiary/aromatic N) is 1. The molecule has 0 radical (unpaired) electrons. The van der Waals surface area contributed by atoms with Crippen LogP contribution in [0, 0.1) is 13.8 Å². The molecule has 1 aliphatic rings. The Bertz CT molecular complexity index is 752. The van der Waals surface area contributed by atoms with E-state index in [0.717, 1.165) is 29.8 Å². The van der Waals surface area contributed by atoms with Crippen molar-refractivity contribution in [2.24, 2.45) is 0 Å². The van der Waals surface area contributed by atoms with E-state index >= 15 is 0 Å². The maximum atomic E-state index is 12.2. The third kappa shape index (κ3) is 4.64. The van der Waals surface area contributed by atoms with E-state index in [1.807, 2.05) is 24.3 Å². The quantitative estimate of drug-likeness (QED) is 0.823. The number of nitrogens with one attached hydrogen (secondary N) is 1. The molecule has 0 bridgehead atoms. The summed E-state index contributed by atoms with van der Waals surface area (Å²) in [5.41, 5.74) is 5.30. The second kappa shape index (κ2) is 8.37. The van der Waals surface area contributed by atoms with E-state index in [0.29, 0.717) is 12.6 Å². The number of anilines is 1. The average molecular weight is 352 g/mol. The lowest BCUT2D eigenvalue weighted by Crippen LogP contribution is -2.27. The second-order valence-corrected chi connectivity index (χ2v) is 7.25. The van der Waals surface area contributed by atoms with Gasteiger partial charge in [-0.1, -0.05) is 47.5 Å². The minimum Gasteiger partial charge on any atom is -0.449 e. The predicted molar refractivity (Wildman–Crippen MR) is 107 cm³/mol. The Morgan fingerprint density at radius 2 is 1.92 bits per heavy atom. The Labute approximate surface area is 156 Å². The van der Waals surface area contributed by atoms with Crippen LogP contribution in [0.3, 0.4) is 0 Å². The predicted octanol–water partition coefficient (Wildman–Crippen LogP) is 5.00. The van der Waals surface area contributed by atoms with Crippen LogP contribution in [0.5, 0.6) is 0 Å². The molecule has 26 heavy (non-hydrogen) atoms. The summed E-state index contributed by atoms with van der Waals surface area (Å²) in [5, 5.41) is 2.91. The van der Waals surface area contributed by atoms with E-state index in [9.17, 15) is 4.79 Å². The second-order valence-electron chi connectivity index (χ2n) is 7.25. The van der Waals surface area contributed by atoms with Crippen molar-refractivity contribution in [1.29, 1.82) is 0 Å². The maximum Gasteiger partial charge on any atom is 0.411 e. The first-order valence-corrected chi connectivity index (χ1v) is 9.34. The van der Waals surface area contributed by atoms with Crippen molar-refractivity contribution in [3.05, 3.63) is 53.6 Å². The van der Waals surface area contributed by atoms with Gasteiger partial charge < -0.3 is 9.64 Å². The summed E-state index contributed by atoms with van der Waals surface area (Å²) >= 11 is 0. The van der Waals surface area contributed by atoms with Gasteiger partial charge in [-0.05, 0) is 58.3 Å². The van der Waals surface area contributed by atoms with Crippen LogP contribution in [0.4, 0.5) is 10.5 Å². The molecule has 1 aliphatic heterocycles. The fourth-order valence-electron chi connectivity index (χ4n) is 3.75. The van der Waals surface area contributed by atoms with Gasteiger partial charge >= 0.3 is 6.09 Å². The Kier molecular flexibility index (Phi) is 5.94. The number of benzene rings is 2. The number of carbonyl (C=O) groups excluding carboxylic acids is 1. The zero-order valence-corrected chi connectivity index (χ0v) is 15.9. The summed E-state index contributed by atoms with van der Waals surface area (Å²) in [6, 6.07) is 14.8. The Balaban J connectivity index is 1.63. The number of para-hydroxylation sites is 1. The van der Waals surface area contributed by atoms with Crippen molar-refractivity contribution >= 4 is 11.8 Å². The largest absolute Gasteiger partial charge is 0.449 e. The van der Waals surface area contributed by atoms with Crippen LogP contribution in [-0.4, -0.2) is 37.2 Å². The van der Waals surface area contributed by atoms with E-state index in [1.165, 1.54) is 24.0 Å². The maximum absolute atomic E-state index is 12.2. The summed E-state index contributed by atoms with van der Waals surface area (Å²) in [6.45, 7) is 5.76. The smallest absolute Gasteiger partial charge is 0.411 e. The minimum atomic E-state index is -0.387. The summed E-state index contributed by atoms with van der Waals surface area (Å²) < 4.78 is 5.42. The summed E-state index contributed by atoms with van der Waals surface area (Å²) in [5.74, 6) is 0. The highest BCUT2D eigenvalue weighted by Gasteiger charge is 2.20. The van der Waals surface area contributed by atoms with Gasteiger partial charge in [-0.25, -0.2) is 4.79 Å². The van der Waals surface area contributed by atoms with Crippen LogP contribution in [0.2, 0.25) is 0 Å². The topological polar surface area (TPSA) is 41.6 Å². The first kappa shape index (κ1) is 18.5. The molecule has 0 spiro atoms. The highest BCUT2D eigenvalue weighted by Crippen LogP contribution is 2.29. The van der Waals surface area contributed by atoms with Crippen molar-refractivity contribution in [1.82, 2.24) is 4.90 Å². The SMILES string of the molecule is Cc1cc(C)cc(-c2ccccc2NC(=O)OCCC2CCCN2C)c1. The van der Waals surface area contributed by atoms with Gasteiger partial charge in [0.15, 0.2) is 0 Å². The highest BCUT2D eigenvalue weighted by atomic mass is 16.5. The highest BCUT2D eigenvalue weighted by molar-refractivity contribution is 5.91. The standard InChI is InChI=1S/C22H28N2O2/c1-16-13-17(2)15-18(14-16)20-8-4-5-9-21(20)23-22(25)26-12-10-19-7-6-11-24(19)3/h4-5,8-9,13-15,19H,6-7,10-12H2,1-3H3,(H,23,25). The summed E-state index contributed by atoms with van der Waals surface area (Å²) in [4.78, 5) is 14.6. The third-order valence-electron chi connectivity index (χ3n) is 5.05. The first-order chi connectivity index (χ1) is 12.5. The fraction of sp³-hybridized carbons (Fsp3) is 0.409. The van der Waals surface area contributed by atoms with Crippen molar-refractivity contribution in [2.45, 2.75) is 39.2 Å². The molecule has 1 atom stereocenters. The van der Waals surface area contributed by atoms with E-state index < -0.39 is 0 Å². The van der Waals surface area contributed by atoms with Crippen molar-refractivity contribution < 1.29 is 9.53 Å². The van der Waals surface area contributed by atoms with E-state index in [4.69, 9.17) is 4.74 Å².